The minimum Gasteiger partial charge on any atom is -0.494 e. The Morgan fingerprint density at radius 2 is 2.00 bits per heavy atom. The van der Waals surface area contributed by atoms with Crippen LogP contribution in [0.5, 0.6) is 5.75 Å². The molecule has 7 nitrogen and oxygen atoms in total. The van der Waals surface area contributed by atoms with Gasteiger partial charge in [-0.2, -0.15) is 5.10 Å². The Kier molecular flexibility index (Phi) is 4.40. The Bertz CT molecular complexity index is 750. The Balaban J connectivity index is 2.29. The van der Waals surface area contributed by atoms with E-state index < -0.39 is 17.4 Å². The maximum absolute atomic E-state index is 12.1. The number of benzene rings is 1. The minimum atomic E-state index is -1.37. The van der Waals surface area contributed by atoms with Gasteiger partial charge in [0.25, 0.3) is 5.91 Å². The molecule has 0 spiro atoms. The molecule has 1 aromatic heterocycles. The van der Waals surface area contributed by atoms with E-state index in [0.29, 0.717) is 11.4 Å². The van der Waals surface area contributed by atoms with Gasteiger partial charge in [0, 0.05) is 6.20 Å². The molecule has 0 saturated carbocycles. The number of nitrogens with zero attached hydrogens (tertiary/aromatic N) is 2. The zero-order chi connectivity index (χ0) is 17.2. The van der Waals surface area contributed by atoms with Crippen LogP contribution in [0.1, 0.15) is 29.9 Å². The molecule has 1 heterocycles. The average molecular weight is 317 g/mol. The number of ether oxygens (including phenoxy) is 1. The average Bonchev–Trinajstić information content (AvgIpc) is 2.96. The minimum absolute atomic E-state index is 0.128. The summed E-state index contributed by atoms with van der Waals surface area (Å²) in [7, 11) is 1.56. The molecular formula is C16H19N3O4. The molecule has 0 aliphatic carbocycles. The van der Waals surface area contributed by atoms with E-state index in [-0.39, 0.29) is 5.69 Å². The van der Waals surface area contributed by atoms with Gasteiger partial charge >= 0.3 is 5.97 Å². The first-order chi connectivity index (χ1) is 10.7. The number of carboxylic acids is 1. The van der Waals surface area contributed by atoms with Gasteiger partial charge in [-0.05, 0) is 44.5 Å². The number of carbonyl (C=O) groups is 2. The zero-order valence-electron chi connectivity index (χ0n) is 13.5. The smallest absolute Gasteiger partial charge is 0.328 e. The van der Waals surface area contributed by atoms with Crippen molar-refractivity contribution in [2.45, 2.75) is 26.3 Å². The number of aliphatic carboxylic acids is 1. The molecule has 2 aromatic rings. The number of amides is 1. The monoisotopic (exact) mass is 317 g/mol. The highest BCUT2D eigenvalue weighted by molar-refractivity contribution is 5.96. The van der Waals surface area contributed by atoms with E-state index in [1.54, 1.807) is 13.3 Å². The van der Waals surface area contributed by atoms with Crippen molar-refractivity contribution in [1.29, 1.82) is 0 Å². The summed E-state index contributed by atoms with van der Waals surface area (Å²) >= 11 is 0. The topological polar surface area (TPSA) is 93.5 Å². The second-order valence-corrected chi connectivity index (χ2v) is 5.71. The summed E-state index contributed by atoms with van der Waals surface area (Å²) in [5, 5.41) is 15.7. The maximum atomic E-state index is 12.1. The molecule has 2 rings (SSSR count). The molecule has 7 heteroatoms. The summed E-state index contributed by atoms with van der Waals surface area (Å²) in [5.74, 6) is -1.05. The normalized spacial score (nSPS) is 11.1. The molecule has 0 radical (unpaired) electrons. The summed E-state index contributed by atoms with van der Waals surface area (Å²) in [6.45, 7) is 4.76. The van der Waals surface area contributed by atoms with E-state index in [1.165, 1.54) is 24.6 Å². The number of hydrogen-bond donors (Lipinski definition) is 2. The molecule has 0 bridgehead atoms. The molecular weight excluding hydrogens is 298 g/mol. The van der Waals surface area contributed by atoms with Gasteiger partial charge in [-0.25, -0.2) is 9.48 Å². The lowest BCUT2D eigenvalue weighted by atomic mass is 10.1. The predicted molar refractivity (Wildman–Crippen MR) is 84.0 cm³/mol. The van der Waals surface area contributed by atoms with Crippen LogP contribution in [0, 0.1) is 6.92 Å². The molecule has 122 valence electrons. The number of rotatable bonds is 5. The molecule has 23 heavy (non-hydrogen) atoms. The molecule has 0 aliphatic rings. The van der Waals surface area contributed by atoms with Crippen molar-refractivity contribution in [1.82, 2.24) is 15.1 Å². The van der Waals surface area contributed by atoms with Crippen LogP contribution in [-0.4, -0.2) is 39.4 Å². The van der Waals surface area contributed by atoms with Gasteiger partial charge in [0.2, 0.25) is 0 Å². The zero-order valence-corrected chi connectivity index (χ0v) is 13.5. The van der Waals surface area contributed by atoms with Gasteiger partial charge in [0.15, 0.2) is 5.69 Å². The summed E-state index contributed by atoms with van der Waals surface area (Å²) in [6, 6.07) is 7.14. The molecule has 1 amide bonds. The first-order valence-corrected chi connectivity index (χ1v) is 7.01. The highest BCUT2D eigenvalue weighted by atomic mass is 16.5. The van der Waals surface area contributed by atoms with Crippen LogP contribution in [0.3, 0.4) is 0 Å². The van der Waals surface area contributed by atoms with E-state index >= 15 is 0 Å². The van der Waals surface area contributed by atoms with Crippen molar-refractivity contribution in [3.63, 3.8) is 0 Å². The number of carboxylic acid groups (broad SMARTS) is 1. The lowest BCUT2D eigenvalue weighted by Crippen LogP contribution is -2.49. The third-order valence-electron chi connectivity index (χ3n) is 3.36. The van der Waals surface area contributed by atoms with E-state index in [1.807, 2.05) is 25.1 Å². The first kappa shape index (κ1) is 16.5. The van der Waals surface area contributed by atoms with E-state index in [4.69, 9.17) is 9.84 Å². The van der Waals surface area contributed by atoms with Crippen LogP contribution in [0.25, 0.3) is 5.69 Å². The van der Waals surface area contributed by atoms with E-state index in [2.05, 4.69) is 10.4 Å². The number of hydrogen-bond acceptors (Lipinski definition) is 4. The predicted octanol–water partition coefficient (Wildman–Crippen LogP) is 1.78. The second-order valence-electron chi connectivity index (χ2n) is 5.71. The fourth-order valence-electron chi connectivity index (χ4n) is 1.96. The van der Waals surface area contributed by atoms with Crippen LogP contribution in [0.4, 0.5) is 0 Å². The van der Waals surface area contributed by atoms with Gasteiger partial charge in [-0.1, -0.05) is 6.07 Å². The van der Waals surface area contributed by atoms with Crippen LogP contribution < -0.4 is 10.1 Å². The Labute approximate surface area is 133 Å². The summed E-state index contributed by atoms with van der Waals surface area (Å²) in [6.07, 6.45) is 1.62. The maximum Gasteiger partial charge on any atom is 0.328 e. The molecule has 0 unspecified atom stereocenters. The summed E-state index contributed by atoms with van der Waals surface area (Å²) < 4.78 is 6.82. The third-order valence-corrected chi connectivity index (χ3v) is 3.36. The number of carbonyl (C=O) groups excluding carboxylic acids is 1. The van der Waals surface area contributed by atoms with Crippen molar-refractivity contribution in [2.24, 2.45) is 0 Å². The lowest BCUT2D eigenvalue weighted by molar-refractivity contribution is -0.143. The number of methoxy groups -OCH3 is 1. The molecule has 1 aromatic carbocycles. The van der Waals surface area contributed by atoms with Gasteiger partial charge in [0.05, 0.1) is 7.11 Å². The van der Waals surface area contributed by atoms with Gasteiger partial charge in [-0.15, -0.1) is 0 Å². The lowest BCUT2D eigenvalue weighted by Gasteiger charge is -2.20. The largest absolute Gasteiger partial charge is 0.494 e. The standard InChI is InChI=1S/C16H19N3O4/c1-10-5-6-13(23-4)12(9-10)19-8-7-11(18-19)14(20)17-16(2,3)15(21)22/h5-9H,1-4H3,(H,17,20)(H,21,22). The fourth-order valence-corrected chi connectivity index (χ4v) is 1.96. The van der Waals surface area contributed by atoms with Crippen molar-refractivity contribution in [2.75, 3.05) is 7.11 Å². The van der Waals surface area contributed by atoms with Crippen molar-refractivity contribution in [3.8, 4) is 11.4 Å². The van der Waals surface area contributed by atoms with Crippen LogP contribution >= 0.6 is 0 Å². The number of aromatic nitrogens is 2. The van der Waals surface area contributed by atoms with Crippen LogP contribution in [0.15, 0.2) is 30.5 Å². The van der Waals surface area contributed by atoms with Crippen molar-refractivity contribution in [3.05, 3.63) is 41.7 Å². The Morgan fingerprint density at radius 3 is 2.61 bits per heavy atom. The van der Waals surface area contributed by atoms with Gasteiger partial charge in [-0.3, -0.25) is 4.79 Å². The highest BCUT2D eigenvalue weighted by Crippen LogP contribution is 2.23. The van der Waals surface area contributed by atoms with Crippen LogP contribution in [0.2, 0.25) is 0 Å². The molecule has 0 aliphatic heterocycles. The Morgan fingerprint density at radius 1 is 1.30 bits per heavy atom. The summed E-state index contributed by atoms with van der Waals surface area (Å²) in [4.78, 5) is 23.2. The van der Waals surface area contributed by atoms with E-state index in [0.717, 1.165) is 5.56 Å². The quantitative estimate of drug-likeness (QED) is 0.877. The molecule has 0 saturated heterocycles. The van der Waals surface area contributed by atoms with Crippen molar-refractivity contribution < 1.29 is 19.4 Å². The fraction of sp³-hybridized carbons (Fsp3) is 0.312. The molecule has 0 atom stereocenters. The second kappa shape index (κ2) is 6.12. The summed E-state index contributed by atoms with van der Waals surface area (Å²) in [5.41, 5.74) is 0.475. The number of aryl methyl sites for hydroxylation is 1. The molecule has 2 N–H and O–H groups in total. The number of nitrogens with one attached hydrogen (secondary N) is 1. The van der Waals surface area contributed by atoms with Gasteiger partial charge < -0.3 is 15.2 Å². The highest BCUT2D eigenvalue weighted by Gasteiger charge is 2.30. The first-order valence-electron chi connectivity index (χ1n) is 7.01. The van der Waals surface area contributed by atoms with Crippen LogP contribution in [-0.2, 0) is 4.79 Å². The Hall–Kier alpha value is -2.83. The molecule has 0 fully saturated rings. The SMILES string of the molecule is COc1ccc(C)cc1-n1ccc(C(=O)NC(C)(C)C(=O)O)n1. The van der Waals surface area contributed by atoms with E-state index in [9.17, 15) is 9.59 Å². The van der Waals surface area contributed by atoms with Gasteiger partial charge in [0.1, 0.15) is 17.0 Å². The van der Waals surface area contributed by atoms with Crippen molar-refractivity contribution >= 4 is 11.9 Å². The third kappa shape index (κ3) is 3.50.